The summed E-state index contributed by atoms with van der Waals surface area (Å²) in [6.45, 7) is 4.67. The van der Waals surface area contributed by atoms with Crippen LogP contribution in [0.3, 0.4) is 0 Å². The summed E-state index contributed by atoms with van der Waals surface area (Å²) in [4.78, 5) is 11.7. The zero-order chi connectivity index (χ0) is 13.2. The van der Waals surface area contributed by atoms with E-state index in [1.807, 2.05) is 13.1 Å². The fourth-order valence-electron chi connectivity index (χ4n) is 2.10. The second kappa shape index (κ2) is 6.49. The van der Waals surface area contributed by atoms with Crippen LogP contribution in [0, 0.1) is 6.92 Å². The third-order valence-corrected chi connectivity index (χ3v) is 3.81. The number of halogens is 1. The SMILES string of the molecule is Cc1noc(C2COCCN2Cc2cnc(N)s2)n1.Cl. The summed E-state index contributed by atoms with van der Waals surface area (Å²) in [6, 6.07) is -0.00160. The highest BCUT2D eigenvalue weighted by molar-refractivity contribution is 7.15. The molecule has 2 N–H and O–H groups in total. The van der Waals surface area contributed by atoms with Gasteiger partial charge in [0.05, 0.1) is 13.2 Å². The molecule has 2 aromatic heterocycles. The van der Waals surface area contributed by atoms with E-state index < -0.39 is 0 Å². The Labute approximate surface area is 126 Å². The minimum absolute atomic E-state index is 0. The van der Waals surface area contributed by atoms with Crippen LogP contribution in [0.1, 0.15) is 22.6 Å². The first-order chi connectivity index (χ1) is 9.22. The number of hydrogen-bond donors (Lipinski definition) is 1. The molecule has 7 nitrogen and oxygen atoms in total. The summed E-state index contributed by atoms with van der Waals surface area (Å²) < 4.78 is 10.8. The molecule has 3 rings (SSSR count). The van der Waals surface area contributed by atoms with Crippen molar-refractivity contribution in [2.45, 2.75) is 19.5 Å². The molecule has 20 heavy (non-hydrogen) atoms. The van der Waals surface area contributed by atoms with Gasteiger partial charge in [0, 0.05) is 24.2 Å². The normalized spacial score (nSPS) is 19.8. The van der Waals surface area contributed by atoms with E-state index in [0.29, 0.717) is 30.1 Å². The Balaban J connectivity index is 0.00000147. The van der Waals surface area contributed by atoms with E-state index in [9.17, 15) is 0 Å². The third kappa shape index (κ3) is 3.26. The number of hydrogen-bond acceptors (Lipinski definition) is 8. The van der Waals surface area contributed by atoms with Crippen LogP contribution in [-0.2, 0) is 11.3 Å². The van der Waals surface area contributed by atoms with Crippen molar-refractivity contribution in [1.82, 2.24) is 20.0 Å². The van der Waals surface area contributed by atoms with Crippen molar-refractivity contribution in [2.24, 2.45) is 0 Å². The minimum Gasteiger partial charge on any atom is -0.378 e. The molecule has 1 aliphatic rings. The summed E-state index contributed by atoms with van der Waals surface area (Å²) in [5, 5.41) is 4.43. The monoisotopic (exact) mass is 317 g/mol. The summed E-state index contributed by atoms with van der Waals surface area (Å²) in [5.41, 5.74) is 5.66. The van der Waals surface area contributed by atoms with Gasteiger partial charge in [-0.2, -0.15) is 4.98 Å². The molecule has 1 aliphatic heterocycles. The minimum atomic E-state index is -0.00160. The molecule has 0 aromatic carbocycles. The molecule has 0 bridgehead atoms. The summed E-state index contributed by atoms with van der Waals surface area (Å²) in [7, 11) is 0. The smallest absolute Gasteiger partial charge is 0.246 e. The van der Waals surface area contributed by atoms with Crippen molar-refractivity contribution < 1.29 is 9.26 Å². The predicted octanol–water partition coefficient (Wildman–Crippen LogP) is 1.41. The van der Waals surface area contributed by atoms with Gasteiger partial charge in [-0.3, -0.25) is 4.90 Å². The topological polar surface area (TPSA) is 90.3 Å². The van der Waals surface area contributed by atoms with Gasteiger partial charge < -0.3 is 15.0 Å². The van der Waals surface area contributed by atoms with Crippen molar-refractivity contribution in [3.05, 3.63) is 22.8 Å². The fraction of sp³-hybridized carbons (Fsp3) is 0.545. The number of ether oxygens (including phenoxy) is 1. The lowest BCUT2D eigenvalue weighted by molar-refractivity contribution is -0.0236. The van der Waals surface area contributed by atoms with Crippen LogP contribution < -0.4 is 5.73 Å². The first-order valence-electron chi connectivity index (χ1n) is 6.04. The van der Waals surface area contributed by atoms with Crippen LogP contribution >= 0.6 is 23.7 Å². The van der Waals surface area contributed by atoms with Crippen molar-refractivity contribution in [3.63, 3.8) is 0 Å². The second-order valence-electron chi connectivity index (χ2n) is 4.41. The molecule has 1 unspecified atom stereocenters. The number of morpholine rings is 1. The van der Waals surface area contributed by atoms with E-state index in [1.54, 1.807) is 0 Å². The Morgan fingerprint density at radius 3 is 3.05 bits per heavy atom. The van der Waals surface area contributed by atoms with Crippen molar-refractivity contribution in [1.29, 1.82) is 0 Å². The Kier molecular flexibility index (Phi) is 4.92. The maximum absolute atomic E-state index is 5.66. The van der Waals surface area contributed by atoms with Crippen LogP contribution in [0.15, 0.2) is 10.7 Å². The first-order valence-corrected chi connectivity index (χ1v) is 6.86. The number of rotatable bonds is 3. The third-order valence-electron chi connectivity index (χ3n) is 3.00. The molecule has 2 aromatic rings. The van der Waals surface area contributed by atoms with E-state index in [1.165, 1.54) is 11.3 Å². The largest absolute Gasteiger partial charge is 0.378 e. The lowest BCUT2D eigenvalue weighted by Crippen LogP contribution is -2.39. The number of aromatic nitrogens is 3. The molecule has 0 radical (unpaired) electrons. The molecule has 0 saturated carbocycles. The number of nitrogens with zero attached hydrogens (tertiary/aromatic N) is 4. The number of aryl methyl sites for hydroxylation is 1. The molecule has 0 spiro atoms. The second-order valence-corrected chi connectivity index (χ2v) is 5.55. The molecule has 0 amide bonds. The Bertz CT molecular complexity index is 561. The van der Waals surface area contributed by atoms with Gasteiger partial charge >= 0.3 is 0 Å². The van der Waals surface area contributed by atoms with Gasteiger partial charge in [-0.1, -0.05) is 5.16 Å². The van der Waals surface area contributed by atoms with Crippen molar-refractivity contribution in [2.75, 3.05) is 25.5 Å². The quantitative estimate of drug-likeness (QED) is 0.915. The molecular formula is C11H16ClN5O2S. The Morgan fingerprint density at radius 2 is 2.40 bits per heavy atom. The van der Waals surface area contributed by atoms with Crippen molar-refractivity contribution >= 4 is 28.9 Å². The van der Waals surface area contributed by atoms with Crippen LogP contribution in [0.2, 0.25) is 0 Å². The highest BCUT2D eigenvalue weighted by atomic mass is 35.5. The molecule has 1 atom stereocenters. The average Bonchev–Trinajstić information content (AvgIpc) is 2.99. The van der Waals surface area contributed by atoms with Gasteiger partial charge in [0.25, 0.3) is 0 Å². The maximum Gasteiger partial charge on any atom is 0.246 e. The maximum atomic E-state index is 5.66. The van der Waals surface area contributed by atoms with Gasteiger partial charge in [0.1, 0.15) is 6.04 Å². The van der Waals surface area contributed by atoms with E-state index >= 15 is 0 Å². The summed E-state index contributed by atoms with van der Waals surface area (Å²) in [6.07, 6.45) is 1.81. The van der Waals surface area contributed by atoms with E-state index in [2.05, 4.69) is 20.0 Å². The summed E-state index contributed by atoms with van der Waals surface area (Å²) in [5.74, 6) is 1.25. The number of nitrogen functional groups attached to an aromatic ring is 1. The molecule has 0 aliphatic carbocycles. The number of anilines is 1. The van der Waals surface area contributed by atoms with Gasteiger partial charge in [-0.15, -0.1) is 23.7 Å². The summed E-state index contributed by atoms with van der Waals surface area (Å²) >= 11 is 1.50. The highest BCUT2D eigenvalue weighted by Gasteiger charge is 2.29. The molecule has 3 heterocycles. The molecule has 1 fully saturated rings. The van der Waals surface area contributed by atoms with Crippen LogP contribution in [0.25, 0.3) is 0 Å². The zero-order valence-electron chi connectivity index (χ0n) is 11.0. The average molecular weight is 318 g/mol. The Morgan fingerprint density at radius 1 is 1.55 bits per heavy atom. The predicted molar refractivity (Wildman–Crippen MR) is 76.8 cm³/mol. The van der Waals surface area contributed by atoms with Gasteiger partial charge in [0.15, 0.2) is 11.0 Å². The van der Waals surface area contributed by atoms with Crippen LogP contribution in [0.4, 0.5) is 5.13 Å². The highest BCUT2D eigenvalue weighted by Crippen LogP contribution is 2.26. The van der Waals surface area contributed by atoms with E-state index in [0.717, 1.165) is 18.0 Å². The Hall–Kier alpha value is -1.22. The van der Waals surface area contributed by atoms with E-state index in [-0.39, 0.29) is 18.4 Å². The lowest BCUT2D eigenvalue weighted by atomic mass is 10.2. The van der Waals surface area contributed by atoms with Gasteiger partial charge in [0.2, 0.25) is 5.89 Å². The standard InChI is InChI=1S/C11H15N5O2S.ClH/c1-7-14-10(18-15-7)9-6-17-3-2-16(9)5-8-4-13-11(12)19-8;/h4,9H,2-3,5-6H2,1H3,(H2,12,13);1H. The number of nitrogens with two attached hydrogens (primary N) is 1. The molecule has 1 saturated heterocycles. The zero-order valence-corrected chi connectivity index (χ0v) is 12.6. The van der Waals surface area contributed by atoms with Gasteiger partial charge in [-0.25, -0.2) is 4.98 Å². The fourth-order valence-corrected chi connectivity index (χ4v) is 2.81. The number of thiazole rings is 1. The lowest BCUT2D eigenvalue weighted by Gasteiger charge is -2.32. The molecular weight excluding hydrogens is 302 g/mol. The van der Waals surface area contributed by atoms with Crippen LogP contribution in [-0.4, -0.2) is 39.8 Å². The molecule has 110 valence electrons. The first kappa shape index (κ1) is 15.2. The molecule has 9 heteroatoms. The van der Waals surface area contributed by atoms with Gasteiger partial charge in [-0.05, 0) is 6.92 Å². The van der Waals surface area contributed by atoms with E-state index in [4.69, 9.17) is 15.0 Å². The van der Waals surface area contributed by atoms with Crippen LogP contribution in [0.5, 0.6) is 0 Å². The van der Waals surface area contributed by atoms with Crippen molar-refractivity contribution in [3.8, 4) is 0 Å².